The predicted molar refractivity (Wildman–Crippen MR) is 81.6 cm³/mol. The largest absolute Gasteiger partial charge is 0.486 e. The van der Waals surface area contributed by atoms with E-state index in [9.17, 15) is 0 Å². The zero-order chi connectivity index (χ0) is 14.4. The maximum absolute atomic E-state index is 6.12. The van der Waals surface area contributed by atoms with Crippen LogP contribution in [0.3, 0.4) is 0 Å². The summed E-state index contributed by atoms with van der Waals surface area (Å²) in [6, 6.07) is 5.35. The minimum atomic E-state index is 0.266. The van der Waals surface area contributed by atoms with Crippen molar-refractivity contribution in [2.75, 3.05) is 11.9 Å². The third-order valence-corrected chi connectivity index (χ3v) is 3.08. The summed E-state index contributed by atoms with van der Waals surface area (Å²) < 4.78 is 5.59. The molecule has 0 atom stereocenters. The molecule has 6 heteroatoms. The minimum Gasteiger partial charge on any atom is -0.486 e. The second kappa shape index (κ2) is 7.31. The van der Waals surface area contributed by atoms with E-state index in [2.05, 4.69) is 22.2 Å². The zero-order valence-corrected chi connectivity index (χ0v) is 12.6. The van der Waals surface area contributed by atoms with Gasteiger partial charge in [0.1, 0.15) is 18.2 Å². The number of ether oxygens (including phenoxy) is 1. The van der Waals surface area contributed by atoms with Gasteiger partial charge in [-0.3, -0.25) is 4.98 Å². The van der Waals surface area contributed by atoms with Crippen molar-refractivity contribution in [2.24, 2.45) is 0 Å². The quantitative estimate of drug-likeness (QED) is 0.869. The van der Waals surface area contributed by atoms with Crippen molar-refractivity contribution >= 4 is 29.0 Å². The Morgan fingerprint density at radius 1 is 1.25 bits per heavy atom. The molecule has 1 N–H and O–H groups in total. The Labute approximate surface area is 128 Å². The maximum atomic E-state index is 6.12. The van der Waals surface area contributed by atoms with Gasteiger partial charge in [0.05, 0.1) is 21.9 Å². The minimum absolute atomic E-state index is 0.266. The molecule has 0 spiro atoms. The van der Waals surface area contributed by atoms with Crippen molar-refractivity contribution in [3.8, 4) is 5.75 Å². The Hall–Kier alpha value is -1.52. The van der Waals surface area contributed by atoms with Crippen LogP contribution in [0.15, 0.2) is 30.6 Å². The van der Waals surface area contributed by atoms with E-state index < -0.39 is 0 Å². The van der Waals surface area contributed by atoms with Gasteiger partial charge in [0, 0.05) is 18.8 Å². The van der Waals surface area contributed by atoms with E-state index in [1.807, 2.05) is 12.1 Å². The van der Waals surface area contributed by atoms with Crippen LogP contribution in [0, 0.1) is 0 Å². The molecule has 0 aliphatic heterocycles. The molecule has 0 unspecified atom stereocenters. The second-order valence-corrected chi connectivity index (χ2v) is 5.02. The fourth-order valence-corrected chi connectivity index (χ4v) is 1.88. The van der Waals surface area contributed by atoms with E-state index in [0.717, 1.165) is 18.8 Å². The smallest absolute Gasteiger partial charge is 0.139 e. The summed E-state index contributed by atoms with van der Waals surface area (Å²) in [7, 11) is 0. The van der Waals surface area contributed by atoms with Gasteiger partial charge in [0.2, 0.25) is 0 Å². The lowest BCUT2D eigenvalue weighted by Gasteiger charge is -2.10. The lowest BCUT2D eigenvalue weighted by molar-refractivity contribution is 0.300. The first kappa shape index (κ1) is 14.9. The summed E-state index contributed by atoms with van der Waals surface area (Å²) in [5, 5.41) is 4.31. The average Bonchev–Trinajstić information content (AvgIpc) is 2.45. The number of hydrogen-bond donors (Lipinski definition) is 1. The lowest BCUT2D eigenvalue weighted by atomic mass is 10.3. The molecule has 0 saturated heterocycles. The van der Waals surface area contributed by atoms with Crippen LogP contribution >= 0.6 is 23.2 Å². The second-order valence-electron chi connectivity index (χ2n) is 4.18. The lowest BCUT2D eigenvalue weighted by Crippen LogP contribution is -2.05. The third kappa shape index (κ3) is 4.25. The van der Waals surface area contributed by atoms with Gasteiger partial charge >= 0.3 is 0 Å². The first-order valence-corrected chi connectivity index (χ1v) is 7.07. The van der Waals surface area contributed by atoms with Crippen molar-refractivity contribution in [3.05, 3.63) is 46.3 Å². The van der Waals surface area contributed by atoms with Gasteiger partial charge in [-0.15, -0.1) is 0 Å². The first-order valence-electron chi connectivity index (χ1n) is 6.31. The Kier molecular flexibility index (Phi) is 5.44. The highest BCUT2D eigenvalue weighted by Gasteiger charge is 2.05. The van der Waals surface area contributed by atoms with E-state index in [-0.39, 0.29) is 6.61 Å². The summed E-state index contributed by atoms with van der Waals surface area (Å²) in [6.45, 7) is 3.23. The fourth-order valence-electron chi connectivity index (χ4n) is 1.56. The zero-order valence-electron chi connectivity index (χ0n) is 11.1. The molecule has 0 aliphatic rings. The predicted octanol–water partition coefficient (Wildman–Crippen LogP) is 4.18. The molecule has 4 nitrogen and oxygen atoms in total. The van der Waals surface area contributed by atoms with Gasteiger partial charge in [-0.05, 0) is 18.6 Å². The molecule has 2 aromatic rings. The Morgan fingerprint density at radius 2 is 2.10 bits per heavy atom. The van der Waals surface area contributed by atoms with Gasteiger partial charge in [-0.2, -0.15) is 0 Å². The molecule has 0 amide bonds. The highest BCUT2D eigenvalue weighted by Crippen LogP contribution is 2.20. The van der Waals surface area contributed by atoms with Crippen LogP contribution in [0.2, 0.25) is 10.0 Å². The monoisotopic (exact) mass is 311 g/mol. The summed E-state index contributed by atoms with van der Waals surface area (Å²) in [4.78, 5) is 8.38. The Bertz CT molecular complexity index is 578. The van der Waals surface area contributed by atoms with Gasteiger partial charge < -0.3 is 10.1 Å². The van der Waals surface area contributed by atoms with E-state index in [0.29, 0.717) is 21.5 Å². The van der Waals surface area contributed by atoms with Gasteiger partial charge in [0.25, 0.3) is 0 Å². The molecule has 0 saturated carbocycles. The molecule has 2 aromatic heterocycles. The van der Waals surface area contributed by atoms with E-state index in [1.165, 1.54) is 0 Å². The summed E-state index contributed by atoms with van der Waals surface area (Å²) in [5.41, 5.74) is 0.674. The SMILES string of the molecule is CCCNc1ccc(Cl)c(COc2cncc(Cl)c2)n1. The summed E-state index contributed by atoms with van der Waals surface area (Å²) >= 11 is 12.0. The molecule has 0 fully saturated rings. The number of rotatable bonds is 6. The number of aromatic nitrogens is 2. The number of nitrogens with one attached hydrogen (secondary N) is 1. The standard InChI is InChI=1S/C14H15Cl2N3O/c1-2-5-18-14-4-3-12(16)13(19-14)9-20-11-6-10(15)7-17-8-11/h3-4,6-8H,2,5,9H2,1H3,(H,18,19). The number of anilines is 1. The number of hydrogen-bond acceptors (Lipinski definition) is 4. The molecule has 106 valence electrons. The molecule has 0 aromatic carbocycles. The number of halogens is 2. The molecule has 0 aliphatic carbocycles. The van der Waals surface area contributed by atoms with Gasteiger partial charge in [-0.25, -0.2) is 4.98 Å². The van der Waals surface area contributed by atoms with Gasteiger partial charge in [-0.1, -0.05) is 30.1 Å². The molecule has 2 rings (SSSR count). The molecule has 20 heavy (non-hydrogen) atoms. The van der Waals surface area contributed by atoms with Crippen LogP contribution < -0.4 is 10.1 Å². The molecular formula is C14H15Cl2N3O. The Morgan fingerprint density at radius 3 is 2.85 bits per heavy atom. The summed E-state index contributed by atoms with van der Waals surface area (Å²) in [6.07, 6.45) is 4.18. The van der Waals surface area contributed by atoms with Crippen LogP contribution in [-0.2, 0) is 6.61 Å². The Balaban J connectivity index is 2.04. The van der Waals surface area contributed by atoms with Crippen molar-refractivity contribution in [1.82, 2.24) is 9.97 Å². The third-order valence-electron chi connectivity index (χ3n) is 2.53. The van der Waals surface area contributed by atoms with Crippen molar-refractivity contribution in [3.63, 3.8) is 0 Å². The maximum Gasteiger partial charge on any atom is 0.139 e. The molecular weight excluding hydrogens is 297 g/mol. The highest BCUT2D eigenvalue weighted by molar-refractivity contribution is 6.31. The average molecular weight is 312 g/mol. The van der Waals surface area contributed by atoms with Crippen molar-refractivity contribution in [2.45, 2.75) is 20.0 Å². The highest BCUT2D eigenvalue weighted by atomic mass is 35.5. The topological polar surface area (TPSA) is 47.0 Å². The van der Waals surface area contributed by atoms with E-state index in [4.69, 9.17) is 27.9 Å². The molecule has 2 heterocycles. The van der Waals surface area contributed by atoms with Crippen LogP contribution in [0.4, 0.5) is 5.82 Å². The first-order chi connectivity index (χ1) is 9.69. The van der Waals surface area contributed by atoms with Crippen LogP contribution in [0.5, 0.6) is 5.75 Å². The van der Waals surface area contributed by atoms with Crippen LogP contribution in [0.1, 0.15) is 19.0 Å². The van der Waals surface area contributed by atoms with Crippen molar-refractivity contribution < 1.29 is 4.74 Å². The van der Waals surface area contributed by atoms with E-state index >= 15 is 0 Å². The van der Waals surface area contributed by atoms with Gasteiger partial charge in [0.15, 0.2) is 0 Å². The van der Waals surface area contributed by atoms with E-state index in [1.54, 1.807) is 18.5 Å². The van der Waals surface area contributed by atoms with Crippen molar-refractivity contribution in [1.29, 1.82) is 0 Å². The van der Waals surface area contributed by atoms with Crippen LogP contribution in [-0.4, -0.2) is 16.5 Å². The summed E-state index contributed by atoms with van der Waals surface area (Å²) in [5.74, 6) is 1.38. The molecule has 0 radical (unpaired) electrons. The fraction of sp³-hybridized carbons (Fsp3) is 0.286. The number of nitrogens with zero attached hydrogens (tertiary/aromatic N) is 2. The van der Waals surface area contributed by atoms with Crippen LogP contribution in [0.25, 0.3) is 0 Å². The molecule has 0 bridgehead atoms. The normalized spacial score (nSPS) is 10.3. The number of pyridine rings is 2.